The monoisotopic (exact) mass is 409 g/mol. The first-order chi connectivity index (χ1) is 13.7. The van der Waals surface area contributed by atoms with Crippen LogP contribution >= 0.6 is 23.1 Å². The largest absolute Gasteiger partial charge is 0.454 e. The summed E-state index contributed by atoms with van der Waals surface area (Å²) in [6.45, 7) is 2.32. The maximum Gasteiger partial charge on any atom is 0.277 e. The Hall–Kier alpha value is -2.84. The molecule has 0 saturated carbocycles. The molecular weight excluding hydrogens is 394 g/mol. The molecule has 5 rings (SSSR count). The molecule has 0 fully saturated rings. The highest BCUT2D eigenvalue weighted by Gasteiger charge is 2.17. The minimum absolute atomic E-state index is 0.238. The molecule has 6 nitrogen and oxygen atoms in total. The summed E-state index contributed by atoms with van der Waals surface area (Å²) in [6, 6.07) is 14.0. The molecule has 0 N–H and O–H groups in total. The molecule has 0 atom stereocenters. The number of aromatic nitrogens is 3. The molecule has 0 aliphatic carbocycles. The minimum Gasteiger partial charge on any atom is -0.454 e. The fourth-order valence-corrected chi connectivity index (χ4v) is 4.34. The Morgan fingerprint density at radius 1 is 1.00 bits per heavy atom. The number of rotatable bonds is 5. The van der Waals surface area contributed by atoms with E-state index < -0.39 is 0 Å². The van der Waals surface area contributed by atoms with Crippen LogP contribution < -0.4 is 9.47 Å². The summed E-state index contributed by atoms with van der Waals surface area (Å²) < 4.78 is 16.5. The average Bonchev–Trinajstić information content (AvgIpc) is 3.46. The summed E-state index contributed by atoms with van der Waals surface area (Å²) in [7, 11) is 0. The summed E-state index contributed by atoms with van der Waals surface area (Å²) in [6.07, 6.45) is 0. The SMILES string of the molecule is Cc1ccc(-c2nc(CSc3nnc(-c4ccc5c(c4)OCO5)o3)cs2)cc1. The molecule has 3 heterocycles. The molecule has 0 radical (unpaired) electrons. The Morgan fingerprint density at radius 3 is 2.71 bits per heavy atom. The molecule has 28 heavy (non-hydrogen) atoms. The van der Waals surface area contributed by atoms with Gasteiger partial charge in [0.2, 0.25) is 12.7 Å². The minimum atomic E-state index is 0.238. The first-order valence-corrected chi connectivity index (χ1v) is 10.5. The number of hydrogen-bond donors (Lipinski definition) is 0. The van der Waals surface area contributed by atoms with Crippen LogP contribution in [0.4, 0.5) is 0 Å². The van der Waals surface area contributed by atoms with E-state index in [4.69, 9.17) is 18.9 Å². The van der Waals surface area contributed by atoms with Crippen molar-refractivity contribution in [3.8, 4) is 33.5 Å². The van der Waals surface area contributed by atoms with Crippen LogP contribution in [0.25, 0.3) is 22.0 Å². The van der Waals surface area contributed by atoms with E-state index in [1.165, 1.54) is 17.3 Å². The van der Waals surface area contributed by atoms with Crippen molar-refractivity contribution in [2.24, 2.45) is 0 Å². The summed E-state index contributed by atoms with van der Waals surface area (Å²) in [5.74, 6) is 2.55. The van der Waals surface area contributed by atoms with Gasteiger partial charge >= 0.3 is 0 Å². The van der Waals surface area contributed by atoms with Gasteiger partial charge in [-0.3, -0.25) is 0 Å². The molecule has 8 heteroatoms. The van der Waals surface area contributed by atoms with E-state index >= 15 is 0 Å². The molecule has 0 bridgehead atoms. The number of benzene rings is 2. The summed E-state index contributed by atoms with van der Waals surface area (Å²) in [4.78, 5) is 4.71. The van der Waals surface area contributed by atoms with Crippen molar-refractivity contribution in [3.63, 3.8) is 0 Å². The van der Waals surface area contributed by atoms with Gasteiger partial charge in [-0.1, -0.05) is 41.6 Å². The molecule has 2 aromatic heterocycles. The lowest BCUT2D eigenvalue weighted by Gasteiger charge is -1.98. The third-order valence-electron chi connectivity index (χ3n) is 4.22. The lowest BCUT2D eigenvalue weighted by atomic mass is 10.2. The number of aryl methyl sites for hydroxylation is 1. The Kier molecular flexibility index (Phi) is 4.50. The molecule has 0 saturated heterocycles. The summed E-state index contributed by atoms with van der Waals surface area (Å²) in [5, 5.41) is 11.9. The Bertz CT molecular complexity index is 1120. The summed E-state index contributed by atoms with van der Waals surface area (Å²) in [5.41, 5.74) is 4.17. The third kappa shape index (κ3) is 3.48. The zero-order chi connectivity index (χ0) is 18.9. The van der Waals surface area contributed by atoms with Crippen molar-refractivity contribution in [3.05, 3.63) is 59.1 Å². The zero-order valence-electron chi connectivity index (χ0n) is 14.9. The van der Waals surface area contributed by atoms with Crippen LogP contribution in [0.3, 0.4) is 0 Å². The van der Waals surface area contributed by atoms with E-state index in [0.29, 0.717) is 22.6 Å². The topological polar surface area (TPSA) is 70.3 Å². The standard InChI is InChI=1S/C20H15N3O3S2/c1-12-2-4-13(5-3-12)19-21-15(9-27-19)10-28-20-23-22-18(26-20)14-6-7-16-17(8-14)25-11-24-16/h2-9H,10-11H2,1H3. The molecule has 2 aromatic carbocycles. The highest BCUT2D eigenvalue weighted by atomic mass is 32.2. The fourth-order valence-electron chi connectivity index (χ4n) is 2.75. The highest BCUT2D eigenvalue weighted by Crippen LogP contribution is 2.36. The highest BCUT2D eigenvalue weighted by molar-refractivity contribution is 7.98. The van der Waals surface area contributed by atoms with Gasteiger partial charge in [-0.05, 0) is 25.1 Å². The van der Waals surface area contributed by atoms with Crippen molar-refractivity contribution in [1.29, 1.82) is 0 Å². The predicted octanol–water partition coefficient (Wildman–Crippen LogP) is 5.19. The first-order valence-electron chi connectivity index (χ1n) is 8.62. The van der Waals surface area contributed by atoms with E-state index in [2.05, 4.69) is 46.8 Å². The molecule has 0 spiro atoms. The Balaban J connectivity index is 1.26. The van der Waals surface area contributed by atoms with Crippen LogP contribution in [-0.2, 0) is 5.75 Å². The van der Waals surface area contributed by atoms with E-state index in [-0.39, 0.29) is 6.79 Å². The maximum absolute atomic E-state index is 5.78. The fraction of sp³-hybridized carbons (Fsp3) is 0.150. The van der Waals surface area contributed by atoms with Gasteiger partial charge in [-0.15, -0.1) is 21.5 Å². The van der Waals surface area contributed by atoms with Gasteiger partial charge in [0.15, 0.2) is 11.5 Å². The lowest BCUT2D eigenvalue weighted by Crippen LogP contribution is -1.92. The van der Waals surface area contributed by atoms with E-state index in [1.54, 1.807) is 11.3 Å². The van der Waals surface area contributed by atoms with Gasteiger partial charge in [0.25, 0.3) is 5.22 Å². The second-order valence-electron chi connectivity index (χ2n) is 6.24. The van der Waals surface area contributed by atoms with Crippen molar-refractivity contribution in [2.75, 3.05) is 6.79 Å². The van der Waals surface area contributed by atoms with Crippen molar-refractivity contribution in [2.45, 2.75) is 17.9 Å². The van der Waals surface area contributed by atoms with Crippen LogP contribution in [0.1, 0.15) is 11.3 Å². The van der Waals surface area contributed by atoms with E-state index in [9.17, 15) is 0 Å². The first kappa shape index (κ1) is 17.3. The third-order valence-corrected chi connectivity index (χ3v) is 6.01. The van der Waals surface area contributed by atoms with Crippen LogP contribution in [-0.4, -0.2) is 22.0 Å². The van der Waals surface area contributed by atoms with Crippen molar-refractivity contribution >= 4 is 23.1 Å². The van der Waals surface area contributed by atoms with Gasteiger partial charge in [-0.2, -0.15) is 0 Å². The molecule has 0 unspecified atom stereocenters. The van der Waals surface area contributed by atoms with E-state index in [1.807, 2.05) is 18.2 Å². The molecule has 140 valence electrons. The number of fused-ring (bicyclic) bond motifs is 1. The van der Waals surface area contributed by atoms with Gasteiger partial charge in [0.1, 0.15) is 5.01 Å². The molecule has 0 amide bonds. The normalized spacial score (nSPS) is 12.5. The lowest BCUT2D eigenvalue weighted by molar-refractivity contribution is 0.174. The molecule has 1 aliphatic rings. The van der Waals surface area contributed by atoms with Gasteiger partial charge in [0, 0.05) is 22.3 Å². The van der Waals surface area contributed by atoms with E-state index in [0.717, 1.165) is 27.6 Å². The Labute approximate surface area is 169 Å². The number of hydrogen-bond acceptors (Lipinski definition) is 8. The number of nitrogens with zero attached hydrogens (tertiary/aromatic N) is 3. The second-order valence-corrected chi connectivity index (χ2v) is 8.02. The van der Waals surface area contributed by atoms with Crippen molar-refractivity contribution < 1.29 is 13.9 Å². The zero-order valence-corrected chi connectivity index (χ0v) is 16.5. The smallest absolute Gasteiger partial charge is 0.277 e. The van der Waals surface area contributed by atoms with Crippen LogP contribution in [0.5, 0.6) is 11.5 Å². The molecule has 1 aliphatic heterocycles. The Morgan fingerprint density at radius 2 is 1.82 bits per heavy atom. The molecular formula is C20H15N3O3S2. The predicted molar refractivity (Wildman–Crippen MR) is 108 cm³/mol. The number of ether oxygens (including phenoxy) is 2. The second kappa shape index (κ2) is 7.29. The van der Waals surface area contributed by atoms with Gasteiger partial charge < -0.3 is 13.9 Å². The maximum atomic E-state index is 5.78. The summed E-state index contributed by atoms with van der Waals surface area (Å²) >= 11 is 3.11. The molecule has 4 aromatic rings. The van der Waals surface area contributed by atoms with Crippen LogP contribution in [0.15, 0.2) is 57.5 Å². The number of thiazole rings is 1. The number of thioether (sulfide) groups is 1. The van der Waals surface area contributed by atoms with Crippen molar-refractivity contribution in [1.82, 2.24) is 15.2 Å². The van der Waals surface area contributed by atoms with Gasteiger partial charge in [0.05, 0.1) is 5.69 Å². The van der Waals surface area contributed by atoms with Crippen LogP contribution in [0.2, 0.25) is 0 Å². The average molecular weight is 409 g/mol. The van der Waals surface area contributed by atoms with Gasteiger partial charge in [-0.25, -0.2) is 4.98 Å². The quantitative estimate of drug-likeness (QED) is 0.420. The van der Waals surface area contributed by atoms with Crippen LogP contribution in [0, 0.1) is 6.92 Å².